The molecular weight excluding hydrogens is 398 g/mol. The van der Waals surface area contributed by atoms with Crippen molar-refractivity contribution in [2.75, 3.05) is 11.5 Å². The lowest BCUT2D eigenvalue weighted by atomic mass is 9.67. The Morgan fingerprint density at radius 1 is 0.938 bits per heavy atom. The quantitative estimate of drug-likeness (QED) is 0.585. The molecule has 2 amide bonds. The minimum atomic E-state index is -0.339. The van der Waals surface area contributed by atoms with Gasteiger partial charge in [0.2, 0.25) is 11.8 Å². The zero-order chi connectivity index (χ0) is 22.4. The van der Waals surface area contributed by atoms with Crippen LogP contribution >= 0.6 is 0 Å². The molecule has 2 aliphatic carbocycles. The van der Waals surface area contributed by atoms with Crippen molar-refractivity contribution < 1.29 is 14.3 Å². The van der Waals surface area contributed by atoms with E-state index >= 15 is 0 Å². The maximum Gasteiger partial charge on any atom is 0.238 e. The summed E-state index contributed by atoms with van der Waals surface area (Å²) in [6.45, 7) is 7.06. The van der Waals surface area contributed by atoms with Crippen molar-refractivity contribution in [2.24, 2.45) is 29.6 Å². The Labute approximate surface area is 190 Å². The van der Waals surface area contributed by atoms with E-state index in [1.54, 1.807) is 0 Å². The number of imide groups is 1. The monoisotopic (exact) mass is 429 g/mol. The molecule has 5 unspecified atom stereocenters. The second-order valence-corrected chi connectivity index (χ2v) is 9.63. The minimum absolute atomic E-state index is 0.0383. The molecule has 166 valence electrons. The SMILES string of the molecule is CCOC1=C2C(c3ccccc3)CC(C(C)C)C2C2C(=O)N(c3ccccc3)C(=O)C2C1. The minimum Gasteiger partial charge on any atom is -0.498 e. The van der Waals surface area contributed by atoms with Crippen molar-refractivity contribution in [1.29, 1.82) is 0 Å². The number of para-hydroxylation sites is 1. The van der Waals surface area contributed by atoms with Crippen molar-refractivity contribution in [3.63, 3.8) is 0 Å². The van der Waals surface area contributed by atoms with Crippen LogP contribution in [0.4, 0.5) is 5.69 Å². The number of benzene rings is 2. The summed E-state index contributed by atoms with van der Waals surface area (Å²) < 4.78 is 6.21. The molecule has 1 saturated carbocycles. The lowest BCUT2D eigenvalue weighted by Crippen LogP contribution is -2.37. The predicted octanol–water partition coefficient (Wildman–Crippen LogP) is 5.56. The van der Waals surface area contributed by atoms with E-state index in [1.807, 2.05) is 43.3 Å². The van der Waals surface area contributed by atoms with E-state index in [0.29, 0.717) is 30.6 Å². The van der Waals surface area contributed by atoms with E-state index in [0.717, 1.165) is 12.2 Å². The topological polar surface area (TPSA) is 46.6 Å². The van der Waals surface area contributed by atoms with Crippen molar-refractivity contribution in [3.05, 3.63) is 77.6 Å². The third-order valence-corrected chi connectivity index (χ3v) is 7.69. The number of allylic oxidation sites excluding steroid dienone is 2. The van der Waals surface area contributed by atoms with Crippen molar-refractivity contribution >= 4 is 17.5 Å². The lowest BCUT2D eigenvalue weighted by Gasteiger charge is -2.36. The molecule has 1 saturated heterocycles. The summed E-state index contributed by atoms with van der Waals surface area (Å²) in [6.07, 6.45) is 1.51. The number of ether oxygens (including phenoxy) is 1. The fourth-order valence-corrected chi connectivity index (χ4v) is 6.37. The predicted molar refractivity (Wildman–Crippen MR) is 125 cm³/mol. The smallest absolute Gasteiger partial charge is 0.238 e. The van der Waals surface area contributed by atoms with Crippen molar-refractivity contribution in [1.82, 2.24) is 0 Å². The Morgan fingerprint density at radius 2 is 1.59 bits per heavy atom. The molecule has 4 nitrogen and oxygen atoms in total. The van der Waals surface area contributed by atoms with Gasteiger partial charge in [0.05, 0.1) is 29.9 Å². The van der Waals surface area contributed by atoms with E-state index < -0.39 is 0 Å². The Bertz CT molecular complexity index is 1040. The highest BCUT2D eigenvalue weighted by molar-refractivity contribution is 6.22. The summed E-state index contributed by atoms with van der Waals surface area (Å²) in [5, 5.41) is 0. The van der Waals surface area contributed by atoms with Crippen LogP contribution in [0.2, 0.25) is 0 Å². The second-order valence-electron chi connectivity index (χ2n) is 9.63. The number of amides is 2. The normalized spacial score (nSPS) is 29.5. The first-order valence-corrected chi connectivity index (χ1v) is 11.9. The van der Waals surface area contributed by atoms with E-state index in [-0.39, 0.29) is 35.5 Å². The second kappa shape index (κ2) is 8.23. The molecule has 0 N–H and O–H groups in total. The molecular formula is C28H31NO3. The van der Waals surface area contributed by atoms with Crippen LogP contribution in [0.25, 0.3) is 0 Å². The highest BCUT2D eigenvalue weighted by Gasteiger charge is 2.60. The largest absolute Gasteiger partial charge is 0.498 e. The molecule has 0 bridgehead atoms. The van der Waals surface area contributed by atoms with E-state index in [2.05, 4.69) is 38.1 Å². The lowest BCUT2D eigenvalue weighted by molar-refractivity contribution is -0.123. The number of hydrogen-bond acceptors (Lipinski definition) is 3. The first kappa shape index (κ1) is 21.0. The van der Waals surface area contributed by atoms with Crippen LogP contribution in [0.3, 0.4) is 0 Å². The van der Waals surface area contributed by atoms with Gasteiger partial charge in [-0.2, -0.15) is 0 Å². The molecule has 0 aromatic heterocycles. The van der Waals surface area contributed by atoms with E-state index in [9.17, 15) is 9.59 Å². The van der Waals surface area contributed by atoms with Gasteiger partial charge in [-0.15, -0.1) is 0 Å². The fraction of sp³-hybridized carbons (Fsp3) is 0.429. The third-order valence-electron chi connectivity index (χ3n) is 7.69. The van der Waals surface area contributed by atoms with Crippen LogP contribution < -0.4 is 4.90 Å². The van der Waals surface area contributed by atoms with E-state index in [4.69, 9.17) is 4.74 Å². The number of carbonyl (C=O) groups excluding carboxylic acids is 2. The van der Waals surface area contributed by atoms with Gasteiger partial charge in [-0.05, 0) is 54.4 Å². The highest BCUT2D eigenvalue weighted by atomic mass is 16.5. The number of anilines is 1. The summed E-state index contributed by atoms with van der Waals surface area (Å²) in [5.74, 6) is 1.24. The van der Waals surface area contributed by atoms with Crippen LogP contribution in [0, 0.1) is 29.6 Å². The summed E-state index contributed by atoms with van der Waals surface area (Å²) >= 11 is 0. The molecule has 2 aromatic rings. The maximum atomic E-state index is 13.8. The Morgan fingerprint density at radius 3 is 2.22 bits per heavy atom. The summed E-state index contributed by atoms with van der Waals surface area (Å²) in [5.41, 5.74) is 3.23. The molecule has 0 spiro atoms. The average Bonchev–Trinajstić information content (AvgIpc) is 3.32. The average molecular weight is 430 g/mol. The van der Waals surface area contributed by atoms with Gasteiger partial charge in [-0.25, -0.2) is 0 Å². The van der Waals surface area contributed by atoms with Crippen LogP contribution in [0.5, 0.6) is 0 Å². The Hall–Kier alpha value is -2.88. The molecule has 0 radical (unpaired) electrons. The first-order valence-electron chi connectivity index (χ1n) is 11.9. The van der Waals surface area contributed by atoms with Crippen LogP contribution in [0.1, 0.15) is 45.1 Å². The highest BCUT2D eigenvalue weighted by Crippen LogP contribution is 2.60. The van der Waals surface area contributed by atoms with Crippen LogP contribution in [0.15, 0.2) is 72.0 Å². The van der Waals surface area contributed by atoms with Gasteiger partial charge >= 0.3 is 0 Å². The van der Waals surface area contributed by atoms with Gasteiger partial charge < -0.3 is 4.74 Å². The third kappa shape index (κ3) is 3.19. The molecule has 4 heteroatoms. The summed E-state index contributed by atoms with van der Waals surface area (Å²) in [6, 6.07) is 20.0. The Kier molecular flexibility index (Phi) is 5.40. The number of nitrogens with zero attached hydrogens (tertiary/aromatic N) is 1. The Balaban J connectivity index is 1.63. The number of hydrogen-bond donors (Lipinski definition) is 0. The van der Waals surface area contributed by atoms with Crippen LogP contribution in [-0.4, -0.2) is 18.4 Å². The number of carbonyl (C=O) groups is 2. The molecule has 5 atom stereocenters. The maximum absolute atomic E-state index is 13.8. The van der Waals surface area contributed by atoms with Gasteiger partial charge in [-0.3, -0.25) is 14.5 Å². The molecule has 5 rings (SSSR count). The van der Waals surface area contributed by atoms with Gasteiger partial charge in [-0.1, -0.05) is 62.4 Å². The molecule has 32 heavy (non-hydrogen) atoms. The van der Waals surface area contributed by atoms with Crippen LogP contribution in [-0.2, 0) is 14.3 Å². The van der Waals surface area contributed by atoms with Gasteiger partial charge in [0.25, 0.3) is 0 Å². The molecule has 1 aliphatic heterocycles. The van der Waals surface area contributed by atoms with Gasteiger partial charge in [0.1, 0.15) is 0 Å². The van der Waals surface area contributed by atoms with Gasteiger partial charge in [0, 0.05) is 12.3 Å². The van der Waals surface area contributed by atoms with E-state index in [1.165, 1.54) is 16.0 Å². The molecule has 3 aliphatic rings. The first-order chi connectivity index (χ1) is 15.5. The summed E-state index contributed by atoms with van der Waals surface area (Å²) in [4.78, 5) is 28.8. The van der Waals surface area contributed by atoms with Gasteiger partial charge in [0.15, 0.2) is 0 Å². The molecule has 1 heterocycles. The standard InChI is InChI=1S/C28H31NO3/c1-4-32-23-16-22-26(28(31)29(27(22)30)19-13-9-6-10-14-19)25-20(17(2)3)15-21(24(23)25)18-11-7-5-8-12-18/h5-14,17,20-22,25-26H,4,15-16H2,1-3H3. The molecule has 2 aromatic carbocycles. The fourth-order valence-electron chi connectivity index (χ4n) is 6.37. The molecule has 2 fully saturated rings. The summed E-state index contributed by atoms with van der Waals surface area (Å²) in [7, 11) is 0. The number of rotatable bonds is 5. The van der Waals surface area contributed by atoms with Crippen molar-refractivity contribution in [2.45, 2.75) is 39.5 Å². The van der Waals surface area contributed by atoms with Crippen molar-refractivity contribution in [3.8, 4) is 0 Å². The zero-order valence-corrected chi connectivity index (χ0v) is 19.0. The number of fused-ring (bicyclic) bond motifs is 3. The zero-order valence-electron chi connectivity index (χ0n) is 19.0.